The first-order valence-electron chi connectivity index (χ1n) is 13.9. The zero-order valence-electron chi connectivity index (χ0n) is 24.2. The van der Waals surface area contributed by atoms with Crippen molar-refractivity contribution in [3.05, 3.63) is 0 Å². The van der Waals surface area contributed by atoms with Crippen molar-refractivity contribution >= 4 is 11.9 Å². The van der Waals surface area contributed by atoms with Gasteiger partial charge in [-0.1, -0.05) is 34.6 Å². The molecule has 0 N–H and O–H groups in total. The molecule has 0 aliphatic heterocycles. The number of halogens is 3. The normalized spacial score (nSPS) is 24.6. The second-order valence-electron chi connectivity index (χ2n) is 12.5. The Morgan fingerprint density at radius 2 is 1.22 bits per heavy atom. The summed E-state index contributed by atoms with van der Waals surface area (Å²) < 4.78 is 49.6. The van der Waals surface area contributed by atoms with E-state index in [2.05, 4.69) is 13.8 Å². The van der Waals surface area contributed by atoms with E-state index >= 15 is 0 Å². The average Bonchev–Trinajstić information content (AvgIpc) is 3.29. The van der Waals surface area contributed by atoms with E-state index in [1.165, 1.54) is 12.8 Å². The molecule has 2 saturated carbocycles. The highest BCUT2D eigenvalue weighted by Gasteiger charge is 2.48. The van der Waals surface area contributed by atoms with Gasteiger partial charge in [0.25, 0.3) is 0 Å². The largest absolute Gasteiger partial charge is 0.459 e. The Labute approximate surface area is 217 Å². The van der Waals surface area contributed by atoms with Gasteiger partial charge in [0, 0.05) is 0 Å². The SMILES string of the molecule is CCC(C)(C)C(=O)OC1(C(C)C)CCCC1.CCC1(OC(=O)C(C)(C)CC)CCC(C(F)(F)F)CC1. The minimum atomic E-state index is -4.13. The third kappa shape index (κ3) is 8.37. The number of ether oxygens (including phenoxy) is 2. The van der Waals surface area contributed by atoms with Crippen LogP contribution in [0.2, 0.25) is 0 Å². The predicted octanol–water partition coefficient (Wildman–Crippen LogP) is 8.80. The van der Waals surface area contributed by atoms with Gasteiger partial charge >= 0.3 is 18.1 Å². The lowest BCUT2D eigenvalue weighted by Gasteiger charge is -2.41. The highest BCUT2D eigenvalue weighted by molar-refractivity contribution is 5.76. The average molecular weight is 521 g/mol. The zero-order chi connectivity index (χ0) is 28.0. The molecule has 0 radical (unpaired) electrons. The van der Waals surface area contributed by atoms with Crippen LogP contribution in [0.1, 0.15) is 133 Å². The van der Waals surface area contributed by atoms with E-state index in [1.807, 2.05) is 34.6 Å². The number of esters is 2. The molecule has 36 heavy (non-hydrogen) atoms. The number of hydrogen-bond donors (Lipinski definition) is 0. The molecule has 0 aromatic carbocycles. The van der Waals surface area contributed by atoms with Gasteiger partial charge < -0.3 is 9.47 Å². The Morgan fingerprint density at radius 3 is 1.56 bits per heavy atom. The smallest absolute Gasteiger partial charge is 0.391 e. The predicted molar refractivity (Wildman–Crippen MR) is 137 cm³/mol. The minimum absolute atomic E-state index is 0.0226. The van der Waals surface area contributed by atoms with Crippen LogP contribution >= 0.6 is 0 Å². The number of carbonyl (C=O) groups is 2. The molecule has 2 rings (SSSR count). The fraction of sp³-hybridized carbons (Fsp3) is 0.931. The first-order valence-corrected chi connectivity index (χ1v) is 13.9. The lowest BCUT2D eigenvalue weighted by Crippen LogP contribution is -2.44. The van der Waals surface area contributed by atoms with Crippen molar-refractivity contribution in [3.8, 4) is 0 Å². The van der Waals surface area contributed by atoms with Crippen LogP contribution in [0.25, 0.3) is 0 Å². The lowest BCUT2D eigenvalue weighted by atomic mass is 9.76. The summed E-state index contributed by atoms with van der Waals surface area (Å²) in [5.74, 6) is -1.15. The van der Waals surface area contributed by atoms with Gasteiger partial charge in [0.1, 0.15) is 11.2 Å². The Hall–Kier alpha value is -1.27. The Morgan fingerprint density at radius 1 is 0.806 bits per heavy atom. The van der Waals surface area contributed by atoms with Crippen molar-refractivity contribution in [1.29, 1.82) is 0 Å². The maximum atomic E-state index is 12.7. The van der Waals surface area contributed by atoms with E-state index < -0.39 is 23.1 Å². The van der Waals surface area contributed by atoms with Crippen molar-refractivity contribution in [3.63, 3.8) is 0 Å². The molecule has 0 saturated heterocycles. The van der Waals surface area contributed by atoms with E-state index in [-0.39, 0.29) is 35.8 Å². The van der Waals surface area contributed by atoms with Gasteiger partial charge in [0.05, 0.1) is 16.7 Å². The van der Waals surface area contributed by atoms with Crippen molar-refractivity contribution < 1.29 is 32.2 Å². The van der Waals surface area contributed by atoms with Gasteiger partial charge in [-0.25, -0.2) is 0 Å². The van der Waals surface area contributed by atoms with Crippen LogP contribution in [0.4, 0.5) is 13.2 Å². The minimum Gasteiger partial charge on any atom is -0.459 e. The van der Waals surface area contributed by atoms with E-state index in [9.17, 15) is 22.8 Å². The maximum absolute atomic E-state index is 12.7. The molecule has 2 aliphatic rings. The van der Waals surface area contributed by atoms with Crippen LogP contribution in [-0.2, 0) is 19.1 Å². The molecular weight excluding hydrogens is 469 g/mol. The van der Waals surface area contributed by atoms with Gasteiger partial charge in [-0.05, 0) is 104 Å². The Bertz CT molecular complexity index is 711. The summed E-state index contributed by atoms with van der Waals surface area (Å²) >= 11 is 0. The summed E-state index contributed by atoms with van der Waals surface area (Å²) in [6.45, 7) is 17.7. The number of alkyl halides is 3. The molecule has 0 spiro atoms. The topological polar surface area (TPSA) is 52.6 Å². The van der Waals surface area contributed by atoms with E-state index in [0.717, 1.165) is 19.3 Å². The number of hydrogen-bond acceptors (Lipinski definition) is 4. The van der Waals surface area contributed by atoms with E-state index in [1.54, 1.807) is 13.8 Å². The molecule has 0 aromatic heterocycles. The molecule has 212 valence electrons. The number of carbonyl (C=O) groups excluding carboxylic acids is 2. The molecule has 4 nitrogen and oxygen atoms in total. The van der Waals surface area contributed by atoms with Crippen LogP contribution in [0.15, 0.2) is 0 Å². The highest BCUT2D eigenvalue weighted by Crippen LogP contribution is 2.45. The van der Waals surface area contributed by atoms with Crippen LogP contribution < -0.4 is 0 Å². The summed E-state index contributed by atoms with van der Waals surface area (Å²) in [7, 11) is 0. The summed E-state index contributed by atoms with van der Waals surface area (Å²) in [5, 5.41) is 0. The van der Waals surface area contributed by atoms with E-state index in [4.69, 9.17) is 9.47 Å². The van der Waals surface area contributed by atoms with Crippen molar-refractivity contribution in [2.24, 2.45) is 22.7 Å². The fourth-order valence-corrected chi connectivity index (χ4v) is 4.72. The Kier molecular flexibility index (Phi) is 11.4. The van der Waals surface area contributed by atoms with Gasteiger partial charge in [0.2, 0.25) is 0 Å². The first-order chi connectivity index (χ1) is 16.4. The monoisotopic (exact) mass is 520 g/mol. The molecule has 0 bridgehead atoms. The van der Waals surface area contributed by atoms with E-state index in [0.29, 0.717) is 31.6 Å². The third-order valence-corrected chi connectivity index (χ3v) is 8.98. The molecular formula is C29H51F3O4. The molecule has 7 heteroatoms. The van der Waals surface area contributed by atoms with Crippen LogP contribution in [0.3, 0.4) is 0 Å². The molecule has 2 aliphatic carbocycles. The van der Waals surface area contributed by atoms with Gasteiger partial charge in [-0.2, -0.15) is 13.2 Å². The lowest BCUT2D eigenvalue weighted by molar-refractivity contribution is -0.202. The third-order valence-electron chi connectivity index (χ3n) is 8.98. The molecule has 0 amide bonds. The van der Waals surface area contributed by atoms with Crippen LogP contribution in [-0.4, -0.2) is 29.3 Å². The number of rotatable bonds is 8. The molecule has 0 aromatic rings. The molecule has 0 heterocycles. The fourth-order valence-electron chi connectivity index (χ4n) is 4.72. The highest BCUT2D eigenvalue weighted by atomic mass is 19.4. The molecule has 0 unspecified atom stereocenters. The van der Waals surface area contributed by atoms with Crippen molar-refractivity contribution in [2.75, 3.05) is 0 Å². The van der Waals surface area contributed by atoms with Gasteiger partial charge in [-0.15, -0.1) is 0 Å². The standard InChI is InChI=1S/C15H25F3O2.C14H26O2/c1-5-13(3,4)12(19)20-14(6-2)9-7-11(8-10-14)15(16,17)18;1-6-13(4,5)12(15)16-14(11(2)3)9-7-8-10-14/h11H,5-10H2,1-4H3;11H,6-10H2,1-5H3. The maximum Gasteiger partial charge on any atom is 0.391 e. The van der Waals surface area contributed by atoms with Gasteiger partial charge in [-0.3, -0.25) is 9.59 Å². The van der Waals surface area contributed by atoms with Crippen molar-refractivity contribution in [2.45, 2.75) is 150 Å². The molecule has 2 fully saturated rings. The van der Waals surface area contributed by atoms with Gasteiger partial charge in [0.15, 0.2) is 0 Å². The van der Waals surface area contributed by atoms with Crippen molar-refractivity contribution in [1.82, 2.24) is 0 Å². The van der Waals surface area contributed by atoms with Crippen LogP contribution in [0, 0.1) is 22.7 Å². The second kappa shape index (κ2) is 12.5. The second-order valence-corrected chi connectivity index (χ2v) is 12.5. The summed E-state index contributed by atoms with van der Waals surface area (Å²) in [4.78, 5) is 24.3. The summed E-state index contributed by atoms with van der Waals surface area (Å²) in [6, 6.07) is 0. The summed E-state index contributed by atoms with van der Waals surface area (Å²) in [6.07, 6.45) is 3.10. The Balaban J connectivity index is 0.000000369. The quantitative estimate of drug-likeness (QED) is 0.300. The first kappa shape index (κ1) is 32.8. The van der Waals surface area contributed by atoms with Crippen LogP contribution in [0.5, 0.6) is 0 Å². The zero-order valence-corrected chi connectivity index (χ0v) is 24.2. The molecule has 0 atom stereocenters. The summed E-state index contributed by atoms with van der Waals surface area (Å²) in [5.41, 5.74) is -1.80.